The fourth-order valence-electron chi connectivity index (χ4n) is 2.78. The highest BCUT2D eigenvalue weighted by Crippen LogP contribution is 1.88. The summed E-state index contributed by atoms with van der Waals surface area (Å²) in [6.45, 7) is 126. The predicted molar refractivity (Wildman–Crippen MR) is 627 cm³/mol. The first-order valence-electron chi connectivity index (χ1n) is 51.5. The van der Waals surface area contributed by atoms with Gasteiger partial charge in [0.05, 0.1) is 31.1 Å². The maximum atomic E-state index is 4.33. The summed E-state index contributed by atoms with van der Waals surface area (Å²) in [5.74, 6) is 10.0. The highest BCUT2D eigenvalue weighted by atomic mass is 32.1. The first-order valence-corrected chi connectivity index (χ1v) is 52.3. The van der Waals surface area contributed by atoms with Crippen LogP contribution in [0.25, 0.3) is 0 Å². The molecule has 1 aromatic carbocycles. The minimum Gasteiger partial charge on any atom is -0.365 e. The molecule has 0 aliphatic heterocycles. The Bertz CT molecular complexity index is 2130. The Balaban J connectivity index is -0.0000000443. The van der Waals surface area contributed by atoms with Crippen molar-refractivity contribution in [2.24, 2.45) is 71.0 Å². The lowest BCUT2D eigenvalue weighted by molar-refractivity contribution is 0.420. The summed E-state index contributed by atoms with van der Waals surface area (Å²) in [7, 11) is 0. The highest BCUT2D eigenvalue weighted by Gasteiger charge is 1.75. The molecule has 0 fully saturated rings. The van der Waals surface area contributed by atoms with Gasteiger partial charge in [-0.3, -0.25) is 25.1 Å². The lowest BCUT2D eigenvalue weighted by Gasteiger charge is -1.79. The zero-order valence-corrected chi connectivity index (χ0v) is 103. The van der Waals surface area contributed by atoms with E-state index in [1.165, 1.54) is 49.3 Å². The molecule has 12 rings (SSSR count). The van der Waals surface area contributed by atoms with Gasteiger partial charge in [-0.1, -0.05) is 463 Å². The molecule has 816 valence electrons. The van der Waals surface area contributed by atoms with Crippen molar-refractivity contribution in [1.82, 2.24) is 111 Å². The van der Waals surface area contributed by atoms with E-state index in [1.54, 1.807) is 136 Å². The summed E-state index contributed by atoms with van der Waals surface area (Å²) in [5, 5.41) is 40.8. The van der Waals surface area contributed by atoms with E-state index in [0.29, 0.717) is 0 Å². The average molecular weight is 1970 g/mol. The van der Waals surface area contributed by atoms with E-state index in [1.807, 2.05) is 250 Å². The number of H-pyrrole nitrogens is 4. The Morgan fingerprint density at radius 3 is 0.580 bits per heavy atom. The molecule has 11 aromatic heterocycles. The van der Waals surface area contributed by atoms with Crippen LogP contribution in [-0.2, 0) is 0 Å². The molecule has 0 amide bonds. The number of nitrogens with zero attached hydrogens (tertiary/aromatic N) is 18. The standard InChI is InChI=1S/C6H6.C5H5N.3C4H4N2.12C4H10.C3H3N3.2C3H4N2.C3H3NO.C3H3NS.2C2H3N3.12C2H6/c2*1-2-4-6-5-3-1;1-2-6-4-3-5-1;1-2-5-4-6-3-1;1-2-4-6-5-3-1;12*1-4(2)3;1-2-5-6-3-4-1;1-2-5-3-4-1;3*1-2-4-5-3-1;1-3-2-5-4-1;1-2-4-5-3-1;12*1-2/h1-6H;1-5H;3*1-4H;12*4H,1-3H3;1-3H;2*1-3H,(H,4,5);2*1-3H;2*1-2H,(H,3,4,5);12*1-2H3. The van der Waals surface area contributed by atoms with Gasteiger partial charge in [-0.05, 0) is 131 Å². The van der Waals surface area contributed by atoms with Crippen LogP contribution in [0.1, 0.15) is 415 Å². The minimum absolute atomic E-state index is 0.833. The molecular weight excluding hydrogens is 1730 g/mol. The molecule has 0 atom stereocenters. The summed E-state index contributed by atoms with van der Waals surface area (Å²) in [4.78, 5) is 32.2. The topological polar surface area (TPSA) is 308 Å². The van der Waals surface area contributed by atoms with Crippen LogP contribution < -0.4 is 0 Å². The zero-order chi connectivity index (χ0) is 114. The van der Waals surface area contributed by atoms with Gasteiger partial charge in [0.15, 0.2) is 0 Å². The van der Waals surface area contributed by atoms with E-state index in [9.17, 15) is 0 Å². The number of imidazole rings is 1. The Kier molecular flexibility index (Phi) is 330. The quantitative estimate of drug-likeness (QED) is 0.110. The number of rotatable bonds is 0. The molecule has 23 nitrogen and oxygen atoms in total. The van der Waals surface area contributed by atoms with Gasteiger partial charge < -0.3 is 9.51 Å². The van der Waals surface area contributed by atoms with E-state index in [4.69, 9.17) is 0 Å². The number of aromatic nitrogens is 22. The van der Waals surface area contributed by atoms with Crippen molar-refractivity contribution >= 4 is 11.5 Å². The van der Waals surface area contributed by atoms with Crippen LogP contribution >= 0.6 is 11.5 Å². The third-order valence-electron chi connectivity index (χ3n) is 5.24. The molecule has 11 heterocycles. The lowest BCUT2D eigenvalue weighted by Crippen LogP contribution is -1.75. The van der Waals surface area contributed by atoms with Gasteiger partial charge in [-0.25, -0.2) is 29.3 Å². The van der Waals surface area contributed by atoms with Crippen LogP contribution in [0.4, 0.5) is 0 Å². The monoisotopic (exact) mass is 1960 g/mol. The van der Waals surface area contributed by atoms with Gasteiger partial charge in [0, 0.05) is 105 Å². The summed E-state index contributed by atoms with van der Waals surface area (Å²) < 4.78 is 8.10. The van der Waals surface area contributed by atoms with Gasteiger partial charge in [-0.15, -0.1) is 5.10 Å². The van der Waals surface area contributed by atoms with E-state index >= 15 is 0 Å². The van der Waals surface area contributed by atoms with Crippen molar-refractivity contribution in [1.29, 1.82) is 0 Å². The minimum atomic E-state index is 0.833. The Labute approximate surface area is 866 Å². The molecule has 0 saturated carbocycles. The number of benzene rings is 1. The third kappa shape index (κ3) is 627. The number of hydrogen-bond donors (Lipinski definition) is 4. The highest BCUT2D eigenvalue weighted by molar-refractivity contribution is 7.03. The SMILES string of the molecule is CC.CC.CC.CC.CC.CC.CC.CC.CC.CC.CC.CC.CC(C)C.CC(C)C.CC(C)C.CC(C)C.CC(C)C.CC(C)C.CC(C)C.CC(C)C.CC(C)C.CC(C)C.CC(C)C.CC(C)C.c1c[nH]cn1.c1ccccc1.c1ccncc1.c1ccnnc1.c1cn[nH]c1.c1cn[nH]n1.c1cnccn1.c1cncnc1.c1cnncn1.c1cnoc1.c1cnsc1.c1nc[nH]n1. The Morgan fingerprint density at radius 2 is 0.493 bits per heavy atom. The molecule has 24 heteroatoms. The van der Waals surface area contributed by atoms with Gasteiger partial charge >= 0.3 is 0 Å². The molecule has 0 saturated heterocycles. The third-order valence-corrected chi connectivity index (χ3v) is 5.77. The first kappa shape index (κ1) is 191. The lowest BCUT2D eigenvalue weighted by atomic mass is 10.3. The van der Waals surface area contributed by atoms with Crippen LogP contribution in [0, 0.1) is 71.0 Å². The average Bonchev–Trinajstić information content (AvgIpc) is 2.05. The van der Waals surface area contributed by atoms with Crippen molar-refractivity contribution in [2.75, 3.05) is 0 Å². The summed E-state index contributed by atoms with van der Waals surface area (Å²) in [5.41, 5.74) is 0. The van der Waals surface area contributed by atoms with Gasteiger partial charge in [0.1, 0.15) is 31.6 Å². The second-order valence-electron chi connectivity index (χ2n) is 30.7. The summed E-state index contributed by atoms with van der Waals surface area (Å²) in [6.07, 6.45) is 42.2. The van der Waals surface area contributed by atoms with E-state index < -0.39 is 0 Å². The molecule has 12 aromatic rings. The van der Waals surface area contributed by atoms with Crippen molar-refractivity contribution in [3.8, 4) is 0 Å². The Hall–Kier alpha value is -9.84. The molecule has 0 aliphatic rings. The van der Waals surface area contributed by atoms with E-state index in [0.717, 1.165) is 71.0 Å². The van der Waals surface area contributed by atoms with E-state index in [2.05, 4.69) is 364 Å². The van der Waals surface area contributed by atoms with Crippen molar-refractivity contribution in [3.05, 3.63) is 258 Å². The van der Waals surface area contributed by atoms with Crippen molar-refractivity contribution < 1.29 is 4.52 Å². The van der Waals surface area contributed by atoms with Crippen LogP contribution in [-0.4, -0.2) is 111 Å². The first-order chi connectivity index (χ1) is 65.8. The molecule has 0 spiro atoms. The predicted octanol–water partition coefficient (Wildman–Crippen LogP) is 38.6. The number of pyridine rings is 1. The summed E-state index contributed by atoms with van der Waals surface area (Å²) in [6, 6.07) is 28.6. The smallest absolute Gasteiger partial charge is 0.138 e. The Morgan fingerprint density at radius 1 is 0.196 bits per heavy atom. The van der Waals surface area contributed by atoms with Gasteiger partial charge in [0.25, 0.3) is 0 Å². The van der Waals surface area contributed by atoms with Gasteiger partial charge in [0.2, 0.25) is 0 Å². The van der Waals surface area contributed by atoms with Crippen LogP contribution in [0.5, 0.6) is 0 Å². The molecule has 0 bridgehead atoms. The molecule has 0 aliphatic carbocycles. The number of aromatic amines is 4. The van der Waals surface area contributed by atoms with Crippen molar-refractivity contribution in [3.63, 3.8) is 0 Å². The zero-order valence-electron chi connectivity index (χ0n) is 102. The second kappa shape index (κ2) is 238. The largest absolute Gasteiger partial charge is 0.365 e. The number of nitrogens with one attached hydrogen (secondary N) is 4. The second-order valence-corrected chi connectivity index (χ2v) is 31.4. The fraction of sp³-hybridized carbons (Fsp3) is 0.632. The van der Waals surface area contributed by atoms with Crippen LogP contribution in [0.15, 0.2) is 263 Å². The fourth-order valence-corrected chi connectivity index (χ4v) is 3.13. The maximum Gasteiger partial charge on any atom is 0.138 e. The van der Waals surface area contributed by atoms with Crippen LogP contribution in [0.2, 0.25) is 0 Å². The molecule has 4 N–H and O–H groups in total. The normalized spacial score (nSPS) is 7.48. The van der Waals surface area contributed by atoms with Crippen LogP contribution in [0.3, 0.4) is 0 Å². The molecule has 0 unspecified atom stereocenters. The number of hydrogen-bond acceptors (Lipinski definition) is 20. The van der Waals surface area contributed by atoms with Gasteiger partial charge in [-0.2, -0.15) is 40.9 Å². The van der Waals surface area contributed by atoms with Crippen molar-refractivity contribution in [2.45, 2.75) is 415 Å². The molecule has 0 radical (unpaired) electrons. The summed E-state index contributed by atoms with van der Waals surface area (Å²) >= 11 is 1.46. The maximum absolute atomic E-state index is 4.33. The van der Waals surface area contributed by atoms with E-state index in [-0.39, 0.29) is 0 Å². The molecular formula is C114H238N22OS. The molecule has 138 heavy (non-hydrogen) atoms.